The Bertz CT molecular complexity index is 775. The van der Waals surface area contributed by atoms with Crippen molar-refractivity contribution in [3.8, 4) is 0 Å². The van der Waals surface area contributed by atoms with Crippen molar-refractivity contribution in [2.45, 2.75) is 32.1 Å². The highest BCUT2D eigenvalue weighted by molar-refractivity contribution is 7.15. The minimum atomic E-state index is -0.675. The van der Waals surface area contributed by atoms with E-state index in [1.54, 1.807) is 0 Å². The number of nitrogens with one attached hydrogen (secondary N) is 2. The van der Waals surface area contributed by atoms with E-state index in [4.69, 9.17) is 0 Å². The van der Waals surface area contributed by atoms with E-state index >= 15 is 0 Å². The van der Waals surface area contributed by atoms with Gasteiger partial charge in [-0.3, -0.25) is 14.9 Å². The quantitative estimate of drug-likeness (QED) is 0.904. The van der Waals surface area contributed by atoms with Crippen LogP contribution in [0.5, 0.6) is 0 Å². The Labute approximate surface area is 136 Å². The van der Waals surface area contributed by atoms with E-state index < -0.39 is 11.7 Å². The van der Waals surface area contributed by atoms with E-state index in [0.29, 0.717) is 16.4 Å². The third kappa shape index (κ3) is 3.21. The van der Waals surface area contributed by atoms with Gasteiger partial charge in [-0.25, -0.2) is 4.39 Å². The van der Waals surface area contributed by atoms with Crippen molar-refractivity contribution < 1.29 is 14.0 Å². The molecule has 2 amide bonds. The number of anilines is 2. The summed E-state index contributed by atoms with van der Waals surface area (Å²) in [5.41, 5.74) is 0.929. The van der Waals surface area contributed by atoms with Crippen LogP contribution < -0.4 is 10.6 Å². The fraction of sp³-hybridized carbons (Fsp3) is 0.333. The zero-order valence-electron chi connectivity index (χ0n) is 12.6. The van der Waals surface area contributed by atoms with E-state index in [1.165, 1.54) is 29.5 Å². The van der Waals surface area contributed by atoms with Gasteiger partial charge in [0.1, 0.15) is 10.8 Å². The summed E-state index contributed by atoms with van der Waals surface area (Å²) in [7, 11) is 0. The molecule has 2 heterocycles. The summed E-state index contributed by atoms with van der Waals surface area (Å²) in [6.45, 7) is 3.98. The lowest BCUT2D eigenvalue weighted by Gasteiger charge is -2.24. The first-order valence-corrected chi connectivity index (χ1v) is 7.99. The van der Waals surface area contributed by atoms with Crippen LogP contribution in [0.1, 0.15) is 42.7 Å². The number of nitrogens with zero attached hydrogens (tertiary/aromatic N) is 2. The van der Waals surface area contributed by atoms with Crippen molar-refractivity contribution >= 4 is 34.0 Å². The standard InChI is InChI=1S/C15H15FN4O2S/c1-7(2)14-19-20-15(23-14)18-13(22)10-6-12(21)17-11-5-8(16)3-4-9(10)11/h3-5,7,10H,6H2,1-2H3,(H,17,21)(H,18,20,22)/t10-/m1/s1. The van der Waals surface area contributed by atoms with Gasteiger partial charge in [-0.2, -0.15) is 0 Å². The molecule has 0 fully saturated rings. The Morgan fingerprint density at radius 1 is 1.43 bits per heavy atom. The van der Waals surface area contributed by atoms with Crippen LogP contribution in [0.3, 0.4) is 0 Å². The predicted octanol–water partition coefficient (Wildman–Crippen LogP) is 2.87. The lowest BCUT2D eigenvalue weighted by atomic mass is 9.90. The summed E-state index contributed by atoms with van der Waals surface area (Å²) in [6, 6.07) is 4.01. The van der Waals surface area contributed by atoms with Gasteiger partial charge in [-0.05, 0) is 17.7 Å². The lowest BCUT2D eigenvalue weighted by Crippen LogP contribution is -2.30. The molecule has 2 aromatic rings. The van der Waals surface area contributed by atoms with Gasteiger partial charge >= 0.3 is 0 Å². The third-order valence-electron chi connectivity index (χ3n) is 3.54. The van der Waals surface area contributed by atoms with Crippen LogP contribution in [0, 0.1) is 5.82 Å². The van der Waals surface area contributed by atoms with E-state index in [9.17, 15) is 14.0 Å². The Morgan fingerprint density at radius 2 is 2.22 bits per heavy atom. The van der Waals surface area contributed by atoms with Crippen LogP contribution in [-0.2, 0) is 9.59 Å². The van der Waals surface area contributed by atoms with Crippen LogP contribution in [0.25, 0.3) is 0 Å². The largest absolute Gasteiger partial charge is 0.326 e. The topological polar surface area (TPSA) is 84.0 Å². The molecular weight excluding hydrogens is 319 g/mol. The lowest BCUT2D eigenvalue weighted by molar-refractivity contribution is -0.123. The summed E-state index contributed by atoms with van der Waals surface area (Å²) in [4.78, 5) is 24.3. The third-order valence-corrected chi connectivity index (χ3v) is 4.67. The van der Waals surface area contributed by atoms with Crippen molar-refractivity contribution in [2.75, 3.05) is 10.6 Å². The van der Waals surface area contributed by atoms with Crippen molar-refractivity contribution in [1.82, 2.24) is 10.2 Å². The number of amides is 2. The smallest absolute Gasteiger partial charge is 0.234 e. The number of benzene rings is 1. The highest BCUT2D eigenvalue weighted by atomic mass is 32.1. The summed E-state index contributed by atoms with van der Waals surface area (Å²) in [5.74, 6) is -1.58. The second-order valence-corrected chi connectivity index (χ2v) is 6.63. The second-order valence-electron chi connectivity index (χ2n) is 5.63. The van der Waals surface area contributed by atoms with Gasteiger partial charge in [0.2, 0.25) is 16.9 Å². The minimum absolute atomic E-state index is 0.0142. The molecule has 1 aliphatic heterocycles. The van der Waals surface area contributed by atoms with Gasteiger partial charge in [-0.1, -0.05) is 31.3 Å². The van der Waals surface area contributed by atoms with Crippen LogP contribution in [0.15, 0.2) is 18.2 Å². The van der Waals surface area contributed by atoms with E-state index in [1.807, 2.05) is 13.8 Å². The number of hydrogen-bond acceptors (Lipinski definition) is 5. The maximum Gasteiger partial charge on any atom is 0.234 e. The number of aromatic nitrogens is 2. The molecule has 3 rings (SSSR count). The van der Waals surface area contributed by atoms with Gasteiger partial charge < -0.3 is 5.32 Å². The first-order valence-electron chi connectivity index (χ1n) is 7.17. The number of hydrogen-bond donors (Lipinski definition) is 2. The van der Waals surface area contributed by atoms with Crippen molar-refractivity contribution in [3.05, 3.63) is 34.6 Å². The molecule has 23 heavy (non-hydrogen) atoms. The Morgan fingerprint density at radius 3 is 2.91 bits per heavy atom. The molecule has 1 atom stereocenters. The molecule has 1 aromatic carbocycles. The van der Waals surface area contributed by atoms with Gasteiger partial charge in [0.25, 0.3) is 0 Å². The Kier molecular flexibility index (Phi) is 4.08. The molecule has 6 nitrogen and oxygen atoms in total. The van der Waals surface area contributed by atoms with Crippen LogP contribution in [0.2, 0.25) is 0 Å². The SMILES string of the molecule is CC(C)c1nnc(NC(=O)[C@@H]2CC(=O)Nc3cc(F)ccc32)s1. The maximum atomic E-state index is 13.3. The number of halogens is 1. The van der Waals surface area contributed by atoms with Crippen molar-refractivity contribution in [2.24, 2.45) is 0 Å². The van der Waals surface area contributed by atoms with E-state index in [-0.39, 0.29) is 24.2 Å². The highest BCUT2D eigenvalue weighted by Crippen LogP contribution is 2.34. The van der Waals surface area contributed by atoms with Crippen molar-refractivity contribution in [1.29, 1.82) is 0 Å². The molecule has 0 bridgehead atoms. The zero-order valence-corrected chi connectivity index (χ0v) is 13.4. The van der Waals surface area contributed by atoms with Crippen molar-refractivity contribution in [3.63, 3.8) is 0 Å². The number of carbonyl (C=O) groups excluding carboxylic acids is 2. The molecule has 1 aliphatic rings. The Balaban J connectivity index is 1.83. The summed E-state index contributed by atoms with van der Waals surface area (Å²) < 4.78 is 13.3. The van der Waals surface area contributed by atoms with E-state index in [2.05, 4.69) is 20.8 Å². The van der Waals surface area contributed by atoms with Crippen LogP contribution >= 0.6 is 11.3 Å². The number of carbonyl (C=O) groups is 2. The molecule has 8 heteroatoms. The van der Waals surface area contributed by atoms with E-state index in [0.717, 1.165) is 5.01 Å². The first kappa shape index (κ1) is 15.5. The molecule has 120 valence electrons. The van der Waals surface area contributed by atoms with Gasteiger partial charge in [0, 0.05) is 18.0 Å². The average Bonchev–Trinajstić information content (AvgIpc) is 2.94. The number of fused-ring (bicyclic) bond motifs is 1. The second kappa shape index (κ2) is 6.04. The monoisotopic (exact) mass is 334 g/mol. The molecule has 0 radical (unpaired) electrons. The molecule has 0 saturated heterocycles. The maximum absolute atomic E-state index is 13.3. The molecule has 1 aromatic heterocycles. The first-order chi connectivity index (χ1) is 10.9. The van der Waals surface area contributed by atoms with Gasteiger partial charge in [-0.15, -0.1) is 10.2 Å². The zero-order chi connectivity index (χ0) is 16.6. The molecular formula is C15H15FN4O2S. The fourth-order valence-electron chi connectivity index (χ4n) is 2.38. The summed E-state index contributed by atoms with van der Waals surface area (Å²) >= 11 is 1.30. The summed E-state index contributed by atoms with van der Waals surface area (Å²) in [5, 5.41) is 14.4. The highest BCUT2D eigenvalue weighted by Gasteiger charge is 2.31. The minimum Gasteiger partial charge on any atom is -0.326 e. The normalized spacial score (nSPS) is 16.9. The molecule has 2 N–H and O–H groups in total. The predicted molar refractivity (Wildman–Crippen MR) is 85.0 cm³/mol. The van der Waals surface area contributed by atoms with Crippen LogP contribution in [0.4, 0.5) is 15.2 Å². The molecule has 0 aliphatic carbocycles. The average molecular weight is 334 g/mol. The molecule has 0 spiro atoms. The molecule has 0 unspecified atom stereocenters. The Hall–Kier alpha value is -2.35. The summed E-state index contributed by atoms with van der Waals surface area (Å²) in [6.07, 6.45) is 0.0142. The fourth-order valence-corrected chi connectivity index (χ4v) is 3.13. The van der Waals surface area contributed by atoms with Gasteiger partial charge in [0.15, 0.2) is 0 Å². The number of rotatable bonds is 3. The molecule has 0 saturated carbocycles. The van der Waals surface area contributed by atoms with Gasteiger partial charge in [0.05, 0.1) is 5.92 Å². The van der Waals surface area contributed by atoms with Crippen LogP contribution in [-0.4, -0.2) is 22.0 Å².